The first-order chi connectivity index (χ1) is 7.17. The van der Waals surface area contributed by atoms with Gasteiger partial charge in [0.05, 0.1) is 25.3 Å². The molecule has 1 unspecified atom stereocenters. The van der Waals surface area contributed by atoms with Crippen LogP contribution in [0.5, 0.6) is 0 Å². The lowest BCUT2D eigenvalue weighted by Gasteiger charge is -2.26. The molecule has 0 aliphatic heterocycles. The van der Waals surface area contributed by atoms with Crippen LogP contribution in [0, 0.1) is 0 Å². The lowest BCUT2D eigenvalue weighted by Crippen LogP contribution is -2.42. The highest BCUT2D eigenvalue weighted by Gasteiger charge is 2.15. The Morgan fingerprint density at radius 3 is 2.73 bits per heavy atom. The van der Waals surface area contributed by atoms with Gasteiger partial charge in [-0.05, 0) is 6.85 Å². The Morgan fingerprint density at radius 2 is 2.45 bits per heavy atom. The lowest BCUT2D eigenvalue weighted by molar-refractivity contribution is -0.873. The highest BCUT2D eigenvalue weighted by molar-refractivity contribution is 5.64. The van der Waals surface area contributed by atoms with Crippen LogP contribution in [0.4, 0.5) is 4.79 Å². The zero-order valence-corrected chi connectivity index (χ0v) is 6.84. The maximum Gasteiger partial charge on any atom is 0.404 e. The summed E-state index contributed by atoms with van der Waals surface area (Å²) in [6.07, 6.45) is -4.59. The van der Waals surface area contributed by atoms with Crippen LogP contribution in [0.2, 0.25) is 0 Å². The molecule has 0 aromatic carbocycles. The van der Waals surface area contributed by atoms with Gasteiger partial charge in [-0.15, -0.1) is 0 Å². The number of hydrogen-bond donors (Lipinski definition) is 1. The largest absolute Gasteiger partial charge is 0.441 e. The molecule has 4 nitrogen and oxygen atoms in total. The van der Waals surface area contributed by atoms with Gasteiger partial charge in [-0.1, -0.05) is 0 Å². The van der Waals surface area contributed by atoms with Gasteiger partial charge in [-0.3, -0.25) is 0 Å². The Balaban J connectivity index is 5.73. The number of carbonyl (C=O) groups excluding carboxylic acids is 1. The molecule has 66 valence electrons. The number of ether oxygens (including phenoxy) is 1. The van der Waals surface area contributed by atoms with Crippen LogP contribution in [0.3, 0.4) is 0 Å². The topological polar surface area (TPSA) is 52.3 Å². The second-order valence-corrected chi connectivity index (χ2v) is 2.87. The van der Waals surface area contributed by atoms with Crippen LogP contribution in [-0.2, 0) is 4.74 Å². The highest BCUT2D eigenvalue weighted by Crippen LogP contribution is 1.97. The summed E-state index contributed by atoms with van der Waals surface area (Å²) in [6.45, 7) is -5.84. The molecule has 0 spiro atoms. The van der Waals surface area contributed by atoms with Gasteiger partial charge in [0.15, 0.2) is 0 Å². The number of rotatable bonds is 3. The summed E-state index contributed by atoms with van der Waals surface area (Å²) in [5.74, 6) is 0. The van der Waals surface area contributed by atoms with E-state index in [0.717, 1.165) is 0 Å². The fourth-order valence-electron chi connectivity index (χ4n) is 0.428. The van der Waals surface area contributed by atoms with Crippen LogP contribution in [0.1, 0.15) is 15.1 Å². The predicted molar refractivity (Wildman–Crippen MR) is 43.0 cm³/mol. The standard InChI is InChI=1S/C7H16N2O2/c1-6(11-7(8)10)5-9(2,3)4/h6H,5H2,1-4H3,(H-,8,10)/p+1/i1D3,5D2,6D. The molecule has 2 N–H and O–H groups in total. The number of nitrogens with zero attached hydrogens (tertiary/aromatic N) is 1. The minimum absolute atomic E-state index is 0.540. The molecular formula is C7H17N2O2+. The third kappa shape index (κ3) is 7.12. The SMILES string of the molecule is [2H]C([2H])([2H])C([2H])(OC(N)=O)C([2H])([2H])[N+](C)(C)C. The lowest BCUT2D eigenvalue weighted by atomic mass is 10.3. The van der Waals surface area contributed by atoms with Crippen LogP contribution in [0.25, 0.3) is 0 Å². The smallest absolute Gasteiger partial charge is 0.404 e. The van der Waals surface area contributed by atoms with E-state index in [1.165, 1.54) is 21.1 Å². The van der Waals surface area contributed by atoms with Crippen molar-refractivity contribution in [3.05, 3.63) is 0 Å². The quantitative estimate of drug-likeness (QED) is 0.609. The van der Waals surface area contributed by atoms with Crippen LogP contribution in [0.15, 0.2) is 0 Å². The van der Waals surface area contributed by atoms with Crippen LogP contribution in [-0.4, -0.2) is 44.3 Å². The third-order valence-corrected chi connectivity index (χ3v) is 0.640. The van der Waals surface area contributed by atoms with Crippen molar-refractivity contribution in [2.24, 2.45) is 5.73 Å². The number of hydrogen-bond acceptors (Lipinski definition) is 2. The zero-order valence-electron chi connectivity index (χ0n) is 12.8. The van der Waals surface area contributed by atoms with Gasteiger partial charge < -0.3 is 15.0 Å². The minimum atomic E-state index is -3.17. The summed E-state index contributed by atoms with van der Waals surface area (Å²) in [5.41, 5.74) is 4.71. The molecule has 0 aliphatic carbocycles. The van der Waals surface area contributed by atoms with E-state index in [0.29, 0.717) is 0 Å². The van der Waals surface area contributed by atoms with Crippen molar-refractivity contribution in [1.29, 1.82) is 0 Å². The maximum atomic E-state index is 10.7. The van der Waals surface area contributed by atoms with Gasteiger partial charge in [-0.2, -0.15) is 0 Å². The highest BCUT2D eigenvalue weighted by atomic mass is 16.6. The molecule has 0 heterocycles. The molecule has 11 heavy (non-hydrogen) atoms. The van der Waals surface area contributed by atoms with E-state index in [-0.39, 0.29) is 0 Å². The molecule has 0 saturated carbocycles. The number of quaternary nitrogens is 1. The molecule has 1 atom stereocenters. The first-order valence-corrected chi connectivity index (χ1v) is 2.97. The first-order valence-electron chi connectivity index (χ1n) is 5.97. The Labute approximate surface area is 75.9 Å². The van der Waals surface area contributed by atoms with Gasteiger partial charge in [0.25, 0.3) is 0 Å². The summed E-state index contributed by atoms with van der Waals surface area (Å²) in [6, 6.07) is 0. The minimum Gasteiger partial charge on any atom is -0.441 e. The molecule has 0 fully saturated rings. The van der Waals surface area contributed by atoms with Gasteiger partial charge in [0.1, 0.15) is 12.6 Å². The van der Waals surface area contributed by atoms with Crippen LogP contribution < -0.4 is 5.73 Å². The summed E-state index contributed by atoms with van der Waals surface area (Å²) in [5, 5.41) is 0. The van der Waals surface area contributed by atoms with Crippen molar-refractivity contribution in [1.82, 2.24) is 0 Å². The van der Waals surface area contributed by atoms with E-state index >= 15 is 0 Å². The summed E-state index contributed by atoms with van der Waals surface area (Å²) >= 11 is 0. The molecule has 1 amide bonds. The Bertz CT molecular complexity index is 310. The second-order valence-electron chi connectivity index (χ2n) is 2.87. The summed E-state index contributed by atoms with van der Waals surface area (Å²) in [7, 11) is 4.04. The van der Waals surface area contributed by atoms with Crippen molar-refractivity contribution >= 4 is 6.09 Å². The number of amides is 1. The van der Waals surface area contributed by atoms with Crippen molar-refractivity contribution in [2.45, 2.75) is 12.9 Å². The molecular weight excluding hydrogens is 144 g/mol. The monoisotopic (exact) mass is 167 g/mol. The van der Waals surface area contributed by atoms with E-state index < -0.39 is 30.0 Å². The van der Waals surface area contributed by atoms with E-state index in [1.54, 1.807) is 0 Å². The van der Waals surface area contributed by atoms with Crippen molar-refractivity contribution in [2.75, 3.05) is 27.6 Å². The van der Waals surface area contributed by atoms with Crippen molar-refractivity contribution in [3.63, 3.8) is 0 Å². The van der Waals surface area contributed by atoms with Gasteiger partial charge in [-0.25, -0.2) is 4.79 Å². The van der Waals surface area contributed by atoms with E-state index in [4.69, 9.17) is 14.0 Å². The Kier molecular flexibility index (Phi) is 1.22. The zero-order chi connectivity index (χ0) is 14.3. The Morgan fingerprint density at radius 1 is 1.91 bits per heavy atom. The predicted octanol–water partition coefficient (Wildman–Crippen LogP) is 0.176. The van der Waals surface area contributed by atoms with Gasteiger partial charge in [0, 0.05) is 4.11 Å². The van der Waals surface area contributed by atoms with E-state index in [2.05, 4.69) is 4.74 Å². The molecule has 0 rings (SSSR count). The summed E-state index contributed by atoms with van der Waals surface area (Å²) < 4.78 is 48.4. The van der Waals surface area contributed by atoms with E-state index in [9.17, 15) is 4.79 Å². The number of carbonyl (C=O) groups is 1. The molecule has 0 saturated heterocycles. The average Bonchev–Trinajstić information content (AvgIpc) is 1.97. The molecule has 0 aliphatic rings. The average molecular weight is 167 g/mol. The normalized spacial score (nSPS) is 27.5. The molecule has 0 bridgehead atoms. The van der Waals surface area contributed by atoms with Gasteiger partial charge in [0.2, 0.25) is 0 Å². The summed E-state index contributed by atoms with van der Waals surface area (Å²) in [4.78, 5) is 10.7. The molecule has 0 aromatic heterocycles. The Hall–Kier alpha value is -0.770. The number of nitrogens with two attached hydrogens (primary N) is 1. The van der Waals surface area contributed by atoms with Crippen molar-refractivity contribution in [3.8, 4) is 0 Å². The van der Waals surface area contributed by atoms with Crippen LogP contribution >= 0.6 is 0 Å². The van der Waals surface area contributed by atoms with E-state index in [1.807, 2.05) is 0 Å². The maximum absolute atomic E-state index is 10.7. The molecule has 4 heteroatoms. The fraction of sp³-hybridized carbons (Fsp3) is 0.857. The second kappa shape index (κ2) is 3.57. The van der Waals surface area contributed by atoms with Crippen molar-refractivity contribution < 1.29 is 22.2 Å². The van der Waals surface area contributed by atoms with Gasteiger partial charge >= 0.3 is 6.09 Å². The molecule has 0 radical (unpaired) electrons. The third-order valence-electron chi connectivity index (χ3n) is 0.640. The number of primary amides is 1. The number of likely N-dealkylation sites (N-methyl/N-ethyl adjacent to an activating group) is 1. The molecule has 0 aromatic rings. The first kappa shape index (κ1) is 3.76. The fourth-order valence-corrected chi connectivity index (χ4v) is 0.428.